The van der Waals surface area contributed by atoms with Crippen molar-refractivity contribution in [3.8, 4) is 11.5 Å². The second-order valence-corrected chi connectivity index (χ2v) is 5.87. The molecular formula is C21H14F6O4. The number of alkyl halides is 6. The van der Waals surface area contributed by atoms with Crippen LogP contribution in [-0.2, 0) is 4.79 Å². The maximum absolute atomic E-state index is 12.1. The Bertz CT molecular complexity index is 969. The van der Waals surface area contributed by atoms with E-state index in [0.717, 1.165) is 42.5 Å². The highest BCUT2D eigenvalue weighted by Crippen LogP contribution is 2.24. The van der Waals surface area contributed by atoms with Crippen LogP contribution in [-0.4, -0.2) is 23.6 Å². The van der Waals surface area contributed by atoms with E-state index in [2.05, 4.69) is 9.47 Å². The number of carbonyl (C=O) groups is 1. The average molecular weight is 444 g/mol. The zero-order chi connectivity index (χ0) is 23.1. The Balaban J connectivity index is 1.93. The van der Waals surface area contributed by atoms with Crippen molar-refractivity contribution in [3.63, 3.8) is 0 Å². The van der Waals surface area contributed by atoms with E-state index in [1.54, 1.807) is 0 Å². The van der Waals surface area contributed by atoms with Gasteiger partial charge in [-0.3, -0.25) is 4.79 Å². The van der Waals surface area contributed by atoms with Crippen LogP contribution in [0.5, 0.6) is 11.5 Å². The van der Waals surface area contributed by atoms with E-state index in [1.165, 1.54) is 36.4 Å². The lowest BCUT2D eigenvalue weighted by atomic mass is 10.1. The van der Waals surface area contributed by atoms with Crippen molar-refractivity contribution in [1.29, 1.82) is 0 Å². The third kappa shape index (κ3) is 9.57. The molecule has 0 atom stereocenters. The molecule has 0 aromatic heterocycles. The molecule has 0 aliphatic heterocycles. The fourth-order valence-corrected chi connectivity index (χ4v) is 2.16. The first kappa shape index (κ1) is 23.6. The number of hydrogen-bond donors (Lipinski definition) is 1. The first-order valence-electron chi connectivity index (χ1n) is 8.42. The van der Waals surface area contributed by atoms with Crippen LogP contribution in [0, 0.1) is 0 Å². The molecule has 31 heavy (non-hydrogen) atoms. The van der Waals surface area contributed by atoms with Crippen molar-refractivity contribution >= 4 is 17.9 Å². The zero-order valence-electron chi connectivity index (χ0n) is 15.4. The van der Waals surface area contributed by atoms with E-state index in [0.29, 0.717) is 11.1 Å². The molecule has 0 aliphatic rings. The number of ketones is 1. The monoisotopic (exact) mass is 444 g/mol. The Morgan fingerprint density at radius 1 is 0.710 bits per heavy atom. The molecule has 0 fully saturated rings. The van der Waals surface area contributed by atoms with Crippen molar-refractivity contribution in [1.82, 2.24) is 0 Å². The van der Waals surface area contributed by atoms with Crippen LogP contribution < -0.4 is 9.47 Å². The third-order valence-electron chi connectivity index (χ3n) is 3.40. The van der Waals surface area contributed by atoms with E-state index in [1.807, 2.05) is 0 Å². The van der Waals surface area contributed by atoms with Gasteiger partial charge in [0.15, 0.2) is 5.78 Å². The number of ether oxygens (including phenoxy) is 2. The molecule has 2 rings (SSSR count). The van der Waals surface area contributed by atoms with Crippen LogP contribution in [0.4, 0.5) is 26.3 Å². The van der Waals surface area contributed by atoms with Gasteiger partial charge in [-0.15, -0.1) is 26.3 Å². The molecule has 4 nitrogen and oxygen atoms in total. The number of carbonyl (C=O) groups excluding carboxylic acids is 1. The highest BCUT2D eigenvalue weighted by molar-refractivity contribution is 6.02. The zero-order valence-corrected chi connectivity index (χ0v) is 15.4. The van der Waals surface area contributed by atoms with Gasteiger partial charge < -0.3 is 14.6 Å². The third-order valence-corrected chi connectivity index (χ3v) is 3.40. The number of benzene rings is 2. The molecule has 1 N–H and O–H groups in total. The van der Waals surface area contributed by atoms with Crippen LogP contribution >= 0.6 is 0 Å². The number of hydrogen-bond acceptors (Lipinski definition) is 4. The fraction of sp³-hybridized carbons (Fsp3) is 0.0952. The summed E-state index contributed by atoms with van der Waals surface area (Å²) < 4.78 is 80.1. The highest BCUT2D eigenvalue weighted by Gasteiger charge is 2.31. The summed E-state index contributed by atoms with van der Waals surface area (Å²) in [5.74, 6) is -1.83. The van der Waals surface area contributed by atoms with Crippen molar-refractivity contribution in [2.45, 2.75) is 12.7 Å². The van der Waals surface area contributed by atoms with Gasteiger partial charge in [-0.2, -0.15) is 0 Å². The minimum atomic E-state index is -4.80. The van der Waals surface area contributed by atoms with Crippen LogP contribution in [0.25, 0.3) is 12.2 Å². The molecule has 164 valence electrons. The van der Waals surface area contributed by atoms with Crippen molar-refractivity contribution in [2.24, 2.45) is 0 Å². The largest absolute Gasteiger partial charge is 0.573 e. The fourth-order valence-electron chi connectivity index (χ4n) is 2.16. The molecule has 0 aliphatic carbocycles. The molecule has 0 saturated heterocycles. The molecule has 0 heterocycles. The summed E-state index contributed by atoms with van der Waals surface area (Å²) in [6.45, 7) is 0. The molecule has 0 unspecified atom stereocenters. The van der Waals surface area contributed by atoms with Crippen molar-refractivity contribution in [2.75, 3.05) is 0 Å². The molecular weight excluding hydrogens is 430 g/mol. The van der Waals surface area contributed by atoms with Gasteiger partial charge >= 0.3 is 12.7 Å². The minimum absolute atomic E-state index is 0.400. The van der Waals surface area contributed by atoms with Gasteiger partial charge in [-0.25, -0.2) is 0 Å². The number of aliphatic hydroxyl groups excluding tert-OH is 1. The summed E-state index contributed by atoms with van der Waals surface area (Å²) in [6, 6.07) is 9.59. The maximum atomic E-state index is 12.1. The molecule has 0 bridgehead atoms. The van der Waals surface area contributed by atoms with E-state index in [-0.39, 0.29) is 0 Å². The summed E-state index contributed by atoms with van der Waals surface area (Å²) in [7, 11) is 0. The molecule has 10 heteroatoms. The predicted molar refractivity (Wildman–Crippen MR) is 100 cm³/mol. The molecule has 2 aromatic rings. The Morgan fingerprint density at radius 2 is 1.10 bits per heavy atom. The minimum Gasteiger partial charge on any atom is -0.508 e. The number of halogens is 6. The summed E-state index contributed by atoms with van der Waals surface area (Å²) >= 11 is 0. The molecule has 2 aromatic carbocycles. The standard InChI is InChI=1S/C21H14F6O4/c22-20(23,24)30-18-9-3-14(4-10-18)1-7-16(28)13-17(29)8-2-15-5-11-19(12-6-15)31-21(25,26)27/h1-13,28H/b7-1+,8-2+,16-13-. The van der Waals surface area contributed by atoms with Crippen molar-refractivity contribution in [3.05, 3.63) is 83.6 Å². The first-order chi connectivity index (χ1) is 14.4. The van der Waals surface area contributed by atoms with E-state index >= 15 is 0 Å². The maximum Gasteiger partial charge on any atom is 0.573 e. The predicted octanol–water partition coefficient (Wildman–Crippen LogP) is 6.22. The Hall–Kier alpha value is -3.69. The van der Waals surface area contributed by atoms with Crippen LogP contribution in [0.15, 0.2) is 72.5 Å². The Morgan fingerprint density at radius 3 is 1.48 bits per heavy atom. The molecule has 0 saturated carbocycles. The quantitative estimate of drug-likeness (QED) is 0.238. The second kappa shape index (κ2) is 9.88. The van der Waals surface area contributed by atoms with E-state index < -0.39 is 35.8 Å². The molecule has 0 amide bonds. The van der Waals surface area contributed by atoms with Gasteiger partial charge in [0, 0.05) is 6.08 Å². The van der Waals surface area contributed by atoms with E-state index in [9.17, 15) is 36.2 Å². The summed E-state index contributed by atoms with van der Waals surface area (Å²) in [4.78, 5) is 11.8. The lowest BCUT2D eigenvalue weighted by molar-refractivity contribution is -0.275. The van der Waals surface area contributed by atoms with Gasteiger partial charge in [0.2, 0.25) is 0 Å². The number of aliphatic hydroxyl groups is 1. The smallest absolute Gasteiger partial charge is 0.508 e. The Kier molecular flexibility index (Phi) is 7.51. The highest BCUT2D eigenvalue weighted by atomic mass is 19.4. The summed E-state index contributed by atoms with van der Waals surface area (Å²) in [6.07, 6.45) is -3.78. The summed E-state index contributed by atoms with van der Waals surface area (Å²) in [5.41, 5.74) is 0.867. The average Bonchev–Trinajstić information content (AvgIpc) is 2.64. The SMILES string of the molecule is O=C(/C=C(O)/C=C/c1ccc(OC(F)(F)F)cc1)/C=C/c1ccc(OC(F)(F)F)cc1. The normalized spacial score (nSPS) is 13.0. The number of allylic oxidation sites excluding steroid dienone is 3. The lowest BCUT2D eigenvalue weighted by Gasteiger charge is -2.08. The van der Waals surface area contributed by atoms with Gasteiger partial charge in [0.1, 0.15) is 17.3 Å². The van der Waals surface area contributed by atoms with Crippen LogP contribution in [0.2, 0.25) is 0 Å². The lowest BCUT2D eigenvalue weighted by Crippen LogP contribution is -2.16. The number of rotatable bonds is 7. The van der Waals surface area contributed by atoms with Gasteiger partial charge in [-0.1, -0.05) is 36.4 Å². The topological polar surface area (TPSA) is 55.8 Å². The van der Waals surface area contributed by atoms with Gasteiger partial charge in [-0.05, 0) is 47.5 Å². The summed E-state index contributed by atoms with van der Waals surface area (Å²) in [5, 5.41) is 9.75. The first-order valence-corrected chi connectivity index (χ1v) is 8.42. The van der Waals surface area contributed by atoms with Crippen molar-refractivity contribution < 1.29 is 45.7 Å². The molecule has 0 radical (unpaired) electrons. The second-order valence-electron chi connectivity index (χ2n) is 5.87. The van der Waals surface area contributed by atoms with Crippen LogP contribution in [0.3, 0.4) is 0 Å². The van der Waals surface area contributed by atoms with E-state index in [4.69, 9.17) is 0 Å². The van der Waals surface area contributed by atoms with Gasteiger partial charge in [0.05, 0.1) is 0 Å². The van der Waals surface area contributed by atoms with Gasteiger partial charge in [0.25, 0.3) is 0 Å². The Labute approximate surface area is 172 Å². The van der Waals surface area contributed by atoms with Crippen LogP contribution in [0.1, 0.15) is 11.1 Å². The molecule has 0 spiro atoms.